The lowest BCUT2D eigenvalue weighted by Crippen LogP contribution is -2.39. The summed E-state index contributed by atoms with van der Waals surface area (Å²) in [4.78, 5) is 43.8. The average Bonchev–Trinajstić information content (AvgIpc) is 3.96. The molecule has 1 fully saturated rings. The minimum atomic E-state index is -4.50. The number of rotatable bonds is 17. The summed E-state index contributed by atoms with van der Waals surface area (Å²) in [5, 5.41) is 6.21. The van der Waals surface area contributed by atoms with Gasteiger partial charge in [0, 0.05) is 65.1 Å². The molecular weight excluding hydrogens is 947 g/mol. The van der Waals surface area contributed by atoms with Crippen LogP contribution in [0.4, 0.5) is 23.0 Å². The largest absolute Gasteiger partial charge is 0.471 e. The number of allylic oxidation sites excluding steroid dienone is 6. The van der Waals surface area contributed by atoms with Crippen molar-refractivity contribution in [3.63, 3.8) is 0 Å². The summed E-state index contributed by atoms with van der Waals surface area (Å²) < 4.78 is 76.4. The number of amides is 2. The number of benzene rings is 3. The zero-order valence-electron chi connectivity index (χ0n) is 40.3. The molecule has 18 nitrogen and oxygen atoms in total. The molecule has 2 aliphatic heterocycles. The second-order valence-corrected chi connectivity index (χ2v) is 21.7. The molecule has 1 saturated carbocycles. The second-order valence-electron chi connectivity index (χ2n) is 18.9. The first-order chi connectivity index (χ1) is 33.7. The smallest absolute Gasteiger partial charge is 0.294 e. The number of imidazole rings is 1. The van der Waals surface area contributed by atoms with E-state index in [1.54, 1.807) is 12.1 Å². The Balaban J connectivity index is 0.874. The van der Waals surface area contributed by atoms with E-state index in [1.165, 1.54) is 30.6 Å². The lowest BCUT2D eigenvalue weighted by atomic mass is 9.77. The van der Waals surface area contributed by atoms with E-state index in [0.29, 0.717) is 74.3 Å². The quantitative estimate of drug-likeness (QED) is 0.0297. The normalized spacial score (nSPS) is 20.5. The van der Waals surface area contributed by atoms with Crippen LogP contribution in [0.1, 0.15) is 96.3 Å². The lowest BCUT2D eigenvalue weighted by Gasteiger charge is -2.30. The molecule has 71 heavy (non-hydrogen) atoms. The summed E-state index contributed by atoms with van der Waals surface area (Å²) >= 11 is 0. The number of likely N-dealkylation sites (N-methyl/N-ethyl adjacent to an activating group) is 1. The minimum Gasteiger partial charge on any atom is -0.471 e. The molecule has 3 aliphatic rings. The summed E-state index contributed by atoms with van der Waals surface area (Å²) in [5.74, 6) is -0.00782. The molecule has 2 amide bonds. The molecule has 2 aromatic heterocycles. The van der Waals surface area contributed by atoms with Crippen molar-refractivity contribution in [1.29, 1.82) is 0 Å². The number of anilines is 3. The van der Waals surface area contributed by atoms with Gasteiger partial charge in [0.1, 0.15) is 18.7 Å². The number of hydrogen-bond donors (Lipinski definition) is 6. The van der Waals surface area contributed by atoms with Crippen LogP contribution in [0.25, 0.3) is 11.2 Å². The summed E-state index contributed by atoms with van der Waals surface area (Å²) in [6.07, 6.45) is 15.0. The van der Waals surface area contributed by atoms with Gasteiger partial charge in [-0.15, -0.1) is 0 Å². The third kappa shape index (κ3) is 10.7. The van der Waals surface area contributed by atoms with Gasteiger partial charge in [-0.2, -0.15) is 31.4 Å². The van der Waals surface area contributed by atoms with E-state index in [9.17, 15) is 35.5 Å². The number of H-pyrrole nitrogens is 1. The number of aromatic nitrogens is 4. The van der Waals surface area contributed by atoms with Gasteiger partial charge < -0.3 is 31.0 Å². The van der Waals surface area contributed by atoms with Gasteiger partial charge >= 0.3 is 0 Å². The number of fused-ring (bicyclic) bond motifs is 3. The molecular formula is C51H60N9O9S2+. The van der Waals surface area contributed by atoms with Gasteiger partial charge in [-0.25, -0.2) is 4.98 Å². The fourth-order valence-electron chi connectivity index (χ4n) is 10.2. The Labute approximate surface area is 413 Å². The number of nitrogens with two attached hydrogens (primary N) is 1. The van der Waals surface area contributed by atoms with Crippen molar-refractivity contribution in [2.24, 2.45) is 5.92 Å². The Morgan fingerprint density at radius 3 is 2.28 bits per heavy atom. The summed E-state index contributed by atoms with van der Waals surface area (Å²) in [6.45, 7) is 11.5. The van der Waals surface area contributed by atoms with Gasteiger partial charge in [0.15, 0.2) is 11.4 Å². The Kier molecular flexibility index (Phi) is 14.4. The Morgan fingerprint density at radius 1 is 0.915 bits per heavy atom. The monoisotopic (exact) mass is 1010 g/mol. The zero-order chi connectivity index (χ0) is 50.9. The van der Waals surface area contributed by atoms with E-state index in [4.69, 9.17) is 10.5 Å². The number of ether oxygens (including phenoxy) is 1. The number of carbonyl (C=O) groups is 2. The molecule has 374 valence electrons. The Hall–Kier alpha value is -6.74. The van der Waals surface area contributed by atoms with E-state index in [-0.39, 0.29) is 52.5 Å². The maximum atomic E-state index is 13.5. The van der Waals surface area contributed by atoms with E-state index >= 15 is 0 Å². The molecule has 1 unspecified atom stereocenters. The predicted molar refractivity (Wildman–Crippen MR) is 271 cm³/mol. The number of aromatic amines is 1. The highest BCUT2D eigenvalue weighted by molar-refractivity contribution is 7.86. The molecule has 7 N–H and O–H groups in total. The first-order valence-corrected chi connectivity index (χ1v) is 26.6. The van der Waals surface area contributed by atoms with E-state index in [0.717, 1.165) is 39.5 Å². The molecule has 20 heteroatoms. The highest BCUT2D eigenvalue weighted by atomic mass is 32.2. The Bertz CT molecular complexity index is 3230. The Morgan fingerprint density at radius 2 is 1.61 bits per heavy atom. The molecule has 0 bridgehead atoms. The number of hydrogen-bond acceptors (Lipinski definition) is 12. The minimum absolute atomic E-state index is 0.0584. The van der Waals surface area contributed by atoms with Gasteiger partial charge in [0.25, 0.3) is 20.2 Å². The topological polar surface area (TPSA) is 263 Å². The molecule has 1 atom stereocenters. The van der Waals surface area contributed by atoms with Crippen LogP contribution in [0.3, 0.4) is 0 Å². The van der Waals surface area contributed by atoms with Crippen molar-refractivity contribution < 1.29 is 44.8 Å². The van der Waals surface area contributed by atoms with Crippen LogP contribution in [-0.4, -0.2) is 87.1 Å². The maximum absolute atomic E-state index is 13.5. The standard InChI is InChI=1S/C51H59N9O9S2/c1-6-59-40-25-23-36(70(63,64)65)28-38(40)50(3,4)42(59)12-9-8-10-13-43-51(5,39-29-37(71(66,67)68)24-26-41(39)60(43)7-2)27-11-14-44(61)55-34-21-17-33(18-22-34)47(62)56-35-19-15-32(16-20-35)30-69-48-45-46(54-31-53-45)57-49(52)58-48/h8-10,12-13,15-16,19-20,23-26,28-29,31,33-34H,6-7,11,14,17-18,21-22,27,30H2,1-5H3,(H6-,52,53,54,55,56,57,58,61,62,63,64,65,66,67,68)/p+1. The van der Waals surface area contributed by atoms with Gasteiger partial charge in [-0.05, 0) is 133 Å². The van der Waals surface area contributed by atoms with Gasteiger partial charge in [-0.3, -0.25) is 18.7 Å². The average molecular weight is 1010 g/mol. The van der Waals surface area contributed by atoms with Crippen molar-refractivity contribution in [1.82, 2.24) is 25.3 Å². The van der Waals surface area contributed by atoms with Crippen LogP contribution in [0, 0.1) is 5.92 Å². The van der Waals surface area contributed by atoms with Crippen molar-refractivity contribution >= 4 is 71.9 Å². The van der Waals surface area contributed by atoms with Gasteiger partial charge in [0.05, 0.1) is 21.5 Å². The lowest BCUT2D eigenvalue weighted by molar-refractivity contribution is -0.433. The fraction of sp³-hybridized carbons (Fsp3) is 0.373. The molecule has 4 heterocycles. The second kappa shape index (κ2) is 20.2. The summed E-state index contributed by atoms with van der Waals surface area (Å²) in [6, 6.07) is 16.6. The highest BCUT2D eigenvalue weighted by Gasteiger charge is 2.45. The van der Waals surface area contributed by atoms with Crippen LogP contribution >= 0.6 is 0 Å². The molecule has 5 aromatic rings. The molecule has 0 radical (unpaired) electrons. The predicted octanol–water partition coefficient (Wildman–Crippen LogP) is 7.68. The number of carbonyl (C=O) groups excluding carboxylic acids is 2. The third-order valence-corrected chi connectivity index (χ3v) is 15.6. The van der Waals surface area contributed by atoms with Crippen LogP contribution in [0.15, 0.2) is 113 Å². The molecule has 8 rings (SSSR count). The van der Waals surface area contributed by atoms with E-state index in [1.807, 2.05) is 89.3 Å². The van der Waals surface area contributed by atoms with E-state index in [2.05, 4.69) is 40.0 Å². The van der Waals surface area contributed by atoms with E-state index < -0.39 is 31.1 Å². The summed E-state index contributed by atoms with van der Waals surface area (Å²) in [7, 11) is -8.88. The SMILES string of the molecule is CCN1/C(=C/C=C/C=C/C2=[N+](CC)c3ccc(S(=O)(=O)O)cc3C2(C)C)C(C)(CCCC(=O)NC2CCC(C(=O)Nc3ccc(COc4nc(N)nc5nc[nH]c45)cc3)CC2)c2cc(S(=O)(=O)O)ccc21. The van der Waals surface area contributed by atoms with Gasteiger partial charge in [-0.1, -0.05) is 30.4 Å². The third-order valence-electron chi connectivity index (χ3n) is 13.9. The molecule has 0 spiro atoms. The fourth-order valence-corrected chi connectivity index (χ4v) is 11.2. The van der Waals surface area contributed by atoms with Gasteiger partial charge in [0.2, 0.25) is 29.3 Å². The van der Waals surface area contributed by atoms with Crippen molar-refractivity contribution in [3.05, 3.63) is 120 Å². The first-order valence-electron chi connectivity index (χ1n) is 23.7. The maximum Gasteiger partial charge on any atom is 0.294 e. The zero-order valence-corrected chi connectivity index (χ0v) is 42.0. The first kappa shape index (κ1) is 50.6. The van der Waals surface area contributed by atoms with Crippen LogP contribution in [0.2, 0.25) is 0 Å². The van der Waals surface area contributed by atoms with Crippen LogP contribution in [0.5, 0.6) is 5.88 Å². The van der Waals surface area contributed by atoms with Crippen molar-refractivity contribution in [2.45, 2.75) is 113 Å². The number of nitrogens with zero attached hydrogens (tertiary/aromatic N) is 5. The number of nitrogen functional groups attached to an aromatic ring is 1. The molecule has 3 aromatic carbocycles. The highest BCUT2D eigenvalue weighted by Crippen LogP contribution is 2.51. The number of nitrogens with one attached hydrogen (secondary N) is 3. The molecule has 1 aliphatic carbocycles. The van der Waals surface area contributed by atoms with Crippen molar-refractivity contribution in [2.75, 3.05) is 29.0 Å². The van der Waals surface area contributed by atoms with Crippen LogP contribution < -0.4 is 26.0 Å². The van der Waals surface area contributed by atoms with Crippen molar-refractivity contribution in [3.8, 4) is 5.88 Å². The summed E-state index contributed by atoms with van der Waals surface area (Å²) in [5.41, 5.74) is 12.0. The molecule has 0 saturated heterocycles. The van der Waals surface area contributed by atoms with Crippen LogP contribution in [-0.2, 0) is 47.3 Å².